The maximum absolute atomic E-state index is 3.60. The van der Waals surface area contributed by atoms with Crippen LogP contribution in [0.15, 0.2) is 91.1 Å². The molecule has 0 aliphatic carbocycles. The zero-order valence-corrected chi connectivity index (χ0v) is 14.1. The third-order valence-electron chi connectivity index (χ3n) is 5.33. The molecule has 122 valence electrons. The number of H-pyrrole nitrogens is 1. The maximum atomic E-state index is 3.60. The number of para-hydroxylation sites is 1. The molecule has 2 nitrogen and oxygen atoms in total. The van der Waals surface area contributed by atoms with Crippen LogP contribution in [0.3, 0.4) is 0 Å². The van der Waals surface area contributed by atoms with E-state index in [1.165, 1.54) is 49.2 Å². The van der Waals surface area contributed by atoms with Crippen LogP contribution in [-0.2, 0) is 0 Å². The Morgan fingerprint density at radius 2 is 1.38 bits per heavy atom. The molecule has 1 N–H and O–H groups in total. The summed E-state index contributed by atoms with van der Waals surface area (Å²) in [5.74, 6) is 0. The maximum Gasteiger partial charge on any atom is 0.0536 e. The molecule has 0 saturated heterocycles. The van der Waals surface area contributed by atoms with Crippen molar-refractivity contribution in [1.29, 1.82) is 0 Å². The van der Waals surface area contributed by atoms with Crippen LogP contribution in [0.25, 0.3) is 49.2 Å². The van der Waals surface area contributed by atoms with Crippen LogP contribution < -0.4 is 0 Å². The predicted octanol–water partition coefficient (Wildman–Crippen LogP) is 6.42. The minimum absolute atomic E-state index is 1.19. The molecule has 2 heterocycles. The van der Waals surface area contributed by atoms with E-state index in [4.69, 9.17) is 0 Å². The summed E-state index contributed by atoms with van der Waals surface area (Å²) in [6.07, 6.45) is 2.17. The van der Waals surface area contributed by atoms with Gasteiger partial charge in [0.05, 0.1) is 5.52 Å². The van der Waals surface area contributed by atoms with Gasteiger partial charge in [0.25, 0.3) is 0 Å². The summed E-state index contributed by atoms with van der Waals surface area (Å²) in [5.41, 5.74) is 4.80. The van der Waals surface area contributed by atoms with Gasteiger partial charge in [-0.15, -0.1) is 0 Å². The topological polar surface area (TPSA) is 20.7 Å². The second-order valence-electron chi connectivity index (χ2n) is 6.81. The Morgan fingerprint density at radius 3 is 2.23 bits per heavy atom. The number of aromatic nitrogens is 2. The van der Waals surface area contributed by atoms with Gasteiger partial charge in [-0.25, -0.2) is 0 Å². The van der Waals surface area contributed by atoms with Crippen LogP contribution in [-0.4, -0.2) is 9.55 Å². The Kier molecular flexibility index (Phi) is 2.64. The first kappa shape index (κ1) is 13.7. The molecular weight excluding hydrogens is 316 g/mol. The number of nitrogens with zero attached hydrogens (tertiary/aromatic N) is 1. The molecule has 6 aromatic rings. The number of hydrogen-bond acceptors (Lipinski definition) is 0. The molecular formula is C24H16N2. The molecule has 0 aliphatic heterocycles. The van der Waals surface area contributed by atoms with Crippen molar-refractivity contribution in [3.8, 4) is 5.69 Å². The summed E-state index contributed by atoms with van der Waals surface area (Å²) in [5, 5.41) is 6.42. The molecule has 0 atom stereocenters. The lowest BCUT2D eigenvalue weighted by Crippen LogP contribution is -1.90. The Hall–Kier alpha value is -3.52. The van der Waals surface area contributed by atoms with Gasteiger partial charge in [0.2, 0.25) is 0 Å². The van der Waals surface area contributed by atoms with E-state index in [-0.39, 0.29) is 0 Å². The Morgan fingerprint density at radius 1 is 0.615 bits per heavy atom. The molecule has 0 bridgehead atoms. The van der Waals surface area contributed by atoms with E-state index < -0.39 is 0 Å². The highest BCUT2D eigenvalue weighted by Gasteiger charge is 2.12. The molecule has 6 rings (SSSR count). The predicted molar refractivity (Wildman–Crippen MR) is 110 cm³/mol. The minimum Gasteiger partial charge on any atom is -0.354 e. The summed E-state index contributed by atoms with van der Waals surface area (Å²) < 4.78 is 2.26. The lowest BCUT2D eigenvalue weighted by molar-refractivity contribution is 1.13. The molecule has 0 fully saturated rings. The average molecular weight is 332 g/mol. The zero-order valence-electron chi connectivity index (χ0n) is 14.1. The first-order valence-corrected chi connectivity index (χ1v) is 8.88. The van der Waals surface area contributed by atoms with E-state index in [1.807, 2.05) is 0 Å². The third kappa shape index (κ3) is 1.81. The van der Waals surface area contributed by atoms with Gasteiger partial charge in [0.1, 0.15) is 0 Å². The molecule has 2 aromatic heterocycles. The lowest BCUT2D eigenvalue weighted by Gasteiger charge is -2.05. The molecule has 0 saturated carbocycles. The van der Waals surface area contributed by atoms with E-state index in [0.717, 1.165) is 0 Å². The number of fused-ring (bicyclic) bond motifs is 6. The van der Waals surface area contributed by atoms with Gasteiger partial charge in [-0.05, 0) is 53.2 Å². The first-order valence-electron chi connectivity index (χ1n) is 8.88. The highest BCUT2D eigenvalue weighted by Crippen LogP contribution is 2.35. The van der Waals surface area contributed by atoms with E-state index >= 15 is 0 Å². The Balaban J connectivity index is 1.75. The smallest absolute Gasteiger partial charge is 0.0536 e. The summed E-state index contributed by atoms with van der Waals surface area (Å²) in [4.78, 5) is 3.60. The Labute approximate surface area is 150 Å². The van der Waals surface area contributed by atoms with Crippen LogP contribution in [0.1, 0.15) is 0 Å². The van der Waals surface area contributed by atoms with E-state index in [9.17, 15) is 0 Å². The highest BCUT2D eigenvalue weighted by atomic mass is 15.0. The molecule has 0 spiro atoms. The molecule has 0 aliphatic rings. The second-order valence-corrected chi connectivity index (χ2v) is 6.81. The number of hydrogen-bond donors (Lipinski definition) is 1. The molecule has 26 heavy (non-hydrogen) atoms. The molecule has 2 heteroatoms. The van der Waals surface area contributed by atoms with Gasteiger partial charge in [-0.3, -0.25) is 0 Å². The van der Waals surface area contributed by atoms with Crippen LogP contribution in [0, 0.1) is 0 Å². The van der Waals surface area contributed by atoms with Gasteiger partial charge in [-0.2, -0.15) is 0 Å². The fourth-order valence-corrected chi connectivity index (χ4v) is 4.12. The number of benzene rings is 4. The first-order chi connectivity index (χ1) is 12.9. The van der Waals surface area contributed by atoms with Crippen molar-refractivity contribution in [3.05, 3.63) is 91.1 Å². The van der Waals surface area contributed by atoms with Crippen LogP contribution in [0.4, 0.5) is 0 Å². The van der Waals surface area contributed by atoms with Gasteiger partial charge in [0.15, 0.2) is 0 Å². The van der Waals surface area contributed by atoms with Crippen LogP contribution in [0.2, 0.25) is 0 Å². The van der Waals surface area contributed by atoms with Crippen molar-refractivity contribution in [3.63, 3.8) is 0 Å². The number of aromatic amines is 1. The molecule has 0 amide bonds. The van der Waals surface area contributed by atoms with Gasteiger partial charge >= 0.3 is 0 Å². The van der Waals surface area contributed by atoms with Gasteiger partial charge in [0, 0.05) is 39.1 Å². The van der Waals surface area contributed by atoms with E-state index in [0.29, 0.717) is 0 Å². The minimum atomic E-state index is 1.19. The van der Waals surface area contributed by atoms with Crippen molar-refractivity contribution in [2.45, 2.75) is 0 Å². The summed E-state index contributed by atoms with van der Waals surface area (Å²) in [6, 6.07) is 30.2. The summed E-state index contributed by atoms with van der Waals surface area (Å²) in [7, 11) is 0. The van der Waals surface area contributed by atoms with E-state index in [2.05, 4.69) is 101 Å². The van der Waals surface area contributed by atoms with Gasteiger partial charge < -0.3 is 9.55 Å². The fourth-order valence-electron chi connectivity index (χ4n) is 4.12. The lowest BCUT2D eigenvalue weighted by atomic mass is 10.0. The van der Waals surface area contributed by atoms with Crippen LogP contribution in [0.5, 0.6) is 0 Å². The normalized spacial score (nSPS) is 11.8. The summed E-state index contributed by atoms with van der Waals surface area (Å²) in [6.45, 7) is 0. The highest BCUT2D eigenvalue weighted by molar-refractivity contribution is 6.21. The fraction of sp³-hybridized carbons (Fsp3) is 0. The molecule has 0 radical (unpaired) electrons. The SMILES string of the molecule is c1ccc(-n2ccc3c4c(ccc32)[nH]c2cc3ccccc3cc24)cc1. The number of rotatable bonds is 1. The standard InChI is InChI=1S/C24H16N2/c1-2-8-18(9-3-1)26-13-12-19-23(26)11-10-21-24(19)20-14-16-6-4-5-7-17(16)15-22(20)25-21/h1-15,25H. The second kappa shape index (κ2) is 4.99. The van der Waals surface area contributed by atoms with Crippen molar-refractivity contribution in [2.24, 2.45) is 0 Å². The van der Waals surface area contributed by atoms with Crippen molar-refractivity contribution >= 4 is 43.5 Å². The van der Waals surface area contributed by atoms with Gasteiger partial charge in [-0.1, -0.05) is 42.5 Å². The van der Waals surface area contributed by atoms with Crippen molar-refractivity contribution in [1.82, 2.24) is 9.55 Å². The quantitative estimate of drug-likeness (QED) is 0.359. The van der Waals surface area contributed by atoms with Crippen molar-refractivity contribution < 1.29 is 0 Å². The van der Waals surface area contributed by atoms with Crippen molar-refractivity contribution in [2.75, 3.05) is 0 Å². The third-order valence-corrected chi connectivity index (χ3v) is 5.33. The molecule has 4 aromatic carbocycles. The number of nitrogens with one attached hydrogen (secondary N) is 1. The monoisotopic (exact) mass is 332 g/mol. The largest absolute Gasteiger partial charge is 0.354 e. The Bertz CT molecular complexity index is 1420. The summed E-state index contributed by atoms with van der Waals surface area (Å²) >= 11 is 0. The average Bonchev–Trinajstić information content (AvgIpc) is 3.27. The van der Waals surface area contributed by atoms with E-state index in [1.54, 1.807) is 0 Å². The zero-order chi connectivity index (χ0) is 17.1. The van der Waals surface area contributed by atoms with Crippen LogP contribution >= 0.6 is 0 Å². The molecule has 0 unspecified atom stereocenters.